The predicted molar refractivity (Wildman–Crippen MR) is 57.2 cm³/mol. The molecule has 0 amide bonds. The van der Waals surface area contributed by atoms with E-state index in [2.05, 4.69) is 12.2 Å². The van der Waals surface area contributed by atoms with Gasteiger partial charge in [0.1, 0.15) is 6.10 Å². The van der Waals surface area contributed by atoms with Crippen molar-refractivity contribution in [3.8, 4) is 0 Å². The van der Waals surface area contributed by atoms with Crippen LogP contribution in [0.2, 0.25) is 0 Å². The summed E-state index contributed by atoms with van der Waals surface area (Å²) >= 11 is 0. The first-order valence-electron chi connectivity index (χ1n) is 6.22. The summed E-state index contributed by atoms with van der Waals surface area (Å²) in [4.78, 5) is 11.9. The standard InChI is InChI=1S/C13H18O2/c14-13(15-11-3-1-2-4-11)12-8-9-5-6-10(12)7-9/h5-6,9-12H,1-4,7-8H2. The molecule has 2 fully saturated rings. The average Bonchev–Trinajstić information content (AvgIpc) is 2.93. The van der Waals surface area contributed by atoms with Gasteiger partial charge in [0.2, 0.25) is 0 Å². The highest BCUT2D eigenvalue weighted by molar-refractivity contribution is 5.74. The van der Waals surface area contributed by atoms with Crippen LogP contribution in [-0.4, -0.2) is 12.1 Å². The smallest absolute Gasteiger partial charge is 0.309 e. The number of carbonyl (C=O) groups is 1. The van der Waals surface area contributed by atoms with E-state index in [0.29, 0.717) is 11.8 Å². The van der Waals surface area contributed by atoms with Crippen LogP contribution in [0.4, 0.5) is 0 Å². The molecule has 3 aliphatic carbocycles. The number of carbonyl (C=O) groups excluding carboxylic acids is 1. The van der Waals surface area contributed by atoms with E-state index in [4.69, 9.17) is 4.74 Å². The van der Waals surface area contributed by atoms with Crippen LogP contribution in [0.5, 0.6) is 0 Å². The molecule has 82 valence electrons. The Labute approximate surface area is 90.7 Å². The molecule has 0 heterocycles. The topological polar surface area (TPSA) is 26.3 Å². The van der Waals surface area contributed by atoms with Crippen molar-refractivity contribution in [3.05, 3.63) is 12.2 Å². The second-order valence-electron chi connectivity index (χ2n) is 5.23. The monoisotopic (exact) mass is 206 g/mol. The van der Waals surface area contributed by atoms with Crippen molar-refractivity contribution in [2.45, 2.75) is 44.6 Å². The third-order valence-corrected chi connectivity index (χ3v) is 4.17. The summed E-state index contributed by atoms with van der Waals surface area (Å²) in [7, 11) is 0. The molecular weight excluding hydrogens is 188 g/mol. The third kappa shape index (κ3) is 1.70. The van der Waals surface area contributed by atoms with Crippen molar-refractivity contribution in [1.82, 2.24) is 0 Å². The van der Waals surface area contributed by atoms with Gasteiger partial charge in [-0.15, -0.1) is 0 Å². The summed E-state index contributed by atoms with van der Waals surface area (Å²) in [5.74, 6) is 1.42. The van der Waals surface area contributed by atoms with Crippen molar-refractivity contribution < 1.29 is 9.53 Å². The molecule has 2 saturated carbocycles. The first kappa shape index (κ1) is 9.44. The summed E-state index contributed by atoms with van der Waals surface area (Å²) < 4.78 is 5.58. The first-order valence-corrected chi connectivity index (χ1v) is 6.22. The lowest BCUT2D eigenvalue weighted by Crippen LogP contribution is -2.25. The second-order valence-corrected chi connectivity index (χ2v) is 5.23. The highest BCUT2D eigenvalue weighted by Gasteiger charge is 2.41. The maximum Gasteiger partial charge on any atom is 0.309 e. The van der Waals surface area contributed by atoms with Crippen molar-refractivity contribution in [2.24, 2.45) is 17.8 Å². The van der Waals surface area contributed by atoms with Gasteiger partial charge in [0.25, 0.3) is 0 Å². The molecule has 3 aliphatic rings. The van der Waals surface area contributed by atoms with E-state index in [9.17, 15) is 4.79 Å². The summed E-state index contributed by atoms with van der Waals surface area (Å²) in [5, 5.41) is 0. The van der Waals surface area contributed by atoms with Gasteiger partial charge in [0.05, 0.1) is 5.92 Å². The quantitative estimate of drug-likeness (QED) is 0.513. The lowest BCUT2D eigenvalue weighted by molar-refractivity contribution is -0.154. The zero-order valence-electron chi connectivity index (χ0n) is 9.02. The molecule has 0 aromatic carbocycles. The van der Waals surface area contributed by atoms with Gasteiger partial charge in [-0.3, -0.25) is 4.79 Å². The highest BCUT2D eigenvalue weighted by Crippen LogP contribution is 2.44. The number of ether oxygens (including phenoxy) is 1. The van der Waals surface area contributed by atoms with Gasteiger partial charge in [0.15, 0.2) is 0 Å². The van der Waals surface area contributed by atoms with Crippen LogP contribution in [0.3, 0.4) is 0 Å². The predicted octanol–water partition coefficient (Wildman–Crippen LogP) is 2.68. The lowest BCUT2D eigenvalue weighted by Gasteiger charge is -2.19. The summed E-state index contributed by atoms with van der Waals surface area (Å²) in [6.45, 7) is 0. The fourth-order valence-electron chi connectivity index (χ4n) is 3.31. The fourth-order valence-corrected chi connectivity index (χ4v) is 3.31. The zero-order valence-corrected chi connectivity index (χ0v) is 9.02. The molecule has 3 atom stereocenters. The normalized spacial score (nSPS) is 38.8. The van der Waals surface area contributed by atoms with Crippen molar-refractivity contribution in [2.75, 3.05) is 0 Å². The average molecular weight is 206 g/mol. The molecule has 0 aliphatic heterocycles. The Morgan fingerprint density at radius 1 is 1.13 bits per heavy atom. The Hall–Kier alpha value is -0.790. The van der Waals surface area contributed by atoms with Gasteiger partial charge in [-0.1, -0.05) is 12.2 Å². The summed E-state index contributed by atoms with van der Waals surface area (Å²) in [5.41, 5.74) is 0. The van der Waals surface area contributed by atoms with E-state index in [0.717, 1.165) is 19.3 Å². The maximum absolute atomic E-state index is 11.9. The van der Waals surface area contributed by atoms with Crippen LogP contribution < -0.4 is 0 Å². The minimum atomic E-state index is 0.0822. The Kier molecular flexibility index (Phi) is 2.30. The molecule has 3 unspecified atom stereocenters. The SMILES string of the molecule is O=C(OC1CCCC1)C1CC2C=CC1C2. The van der Waals surface area contributed by atoms with Gasteiger partial charge >= 0.3 is 5.97 Å². The van der Waals surface area contributed by atoms with Crippen LogP contribution in [0.15, 0.2) is 12.2 Å². The fraction of sp³-hybridized carbons (Fsp3) is 0.769. The van der Waals surface area contributed by atoms with E-state index in [1.807, 2.05) is 0 Å². The van der Waals surface area contributed by atoms with E-state index in [-0.39, 0.29) is 18.0 Å². The van der Waals surface area contributed by atoms with E-state index < -0.39 is 0 Å². The number of allylic oxidation sites excluding steroid dienone is 2. The molecule has 3 rings (SSSR count). The molecule has 0 aromatic rings. The van der Waals surface area contributed by atoms with Gasteiger partial charge < -0.3 is 4.74 Å². The minimum absolute atomic E-state index is 0.0822. The first-order chi connectivity index (χ1) is 7.33. The van der Waals surface area contributed by atoms with Gasteiger partial charge in [0, 0.05) is 0 Å². The van der Waals surface area contributed by atoms with Crippen LogP contribution in [-0.2, 0) is 9.53 Å². The molecule has 0 aromatic heterocycles. The Balaban J connectivity index is 1.58. The van der Waals surface area contributed by atoms with Crippen LogP contribution in [0.25, 0.3) is 0 Å². The minimum Gasteiger partial charge on any atom is -0.462 e. The third-order valence-electron chi connectivity index (χ3n) is 4.17. The van der Waals surface area contributed by atoms with E-state index >= 15 is 0 Å². The van der Waals surface area contributed by atoms with Crippen LogP contribution in [0.1, 0.15) is 38.5 Å². The van der Waals surface area contributed by atoms with Gasteiger partial charge in [-0.05, 0) is 50.4 Å². The molecule has 2 heteroatoms. The molecule has 2 nitrogen and oxygen atoms in total. The molecule has 15 heavy (non-hydrogen) atoms. The largest absolute Gasteiger partial charge is 0.462 e. The Morgan fingerprint density at radius 3 is 2.53 bits per heavy atom. The highest BCUT2D eigenvalue weighted by atomic mass is 16.5. The van der Waals surface area contributed by atoms with Crippen molar-refractivity contribution >= 4 is 5.97 Å². The molecule has 0 spiro atoms. The summed E-state index contributed by atoms with van der Waals surface area (Å²) in [6, 6.07) is 0. The van der Waals surface area contributed by atoms with Gasteiger partial charge in [-0.25, -0.2) is 0 Å². The molecule has 2 bridgehead atoms. The molecule has 0 radical (unpaired) electrons. The van der Waals surface area contributed by atoms with Gasteiger partial charge in [-0.2, -0.15) is 0 Å². The Bertz CT molecular complexity index is 289. The van der Waals surface area contributed by atoms with E-state index in [1.54, 1.807) is 0 Å². The zero-order chi connectivity index (χ0) is 10.3. The molecular formula is C13H18O2. The number of hydrogen-bond donors (Lipinski definition) is 0. The van der Waals surface area contributed by atoms with Crippen LogP contribution >= 0.6 is 0 Å². The number of rotatable bonds is 2. The second kappa shape index (κ2) is 3.66. The maximum atomic E-state index is 11.9. The summed E-state index contributed by atoms with van der Waals surface area (Å²) in [6.07, 6.45) is 11.6. The number of esters is 1. The van der Waals surface area contributed by atoms with Crippen molar-refractivity contribution in [1.29, 1.82) is 0 Å². The van der Waals surface area contributed by atoms with E-state index in [1.165, 1.54) is 19.3 Å². The number of hydrogen-bond acceptors (Lipinski definition) is 2. The molecule has 0 N–H and O–H groups in total. The number of fused-ring (bicyclic) bond motifs is 2. The lowest BCUT2D eigenvalue weighted by atomic mass is 9.94. The van der Waals surface area contributed by atoms with Crippen LogP contribution in [0, 0.1) is 17.8 Å². The van der Waals surface area contributed by atoms with Crippen molar-refractivity contribution in [3.63, 3.8) is 0 Å². The Morgan fingerprint density at radius 2 is 1.93 bits per heavy atom. The molecule has 0 saturated heterocycles.